The number of nitrogens with zero attached hydrogens (tertiary/aromatic N) is 1. The van der Waals surface area contributed by atoms with Gasteiger partial charge in [0.2, 0.25) is 0 Å². The van der Waals surface area contributed by atoms with Crippen LogP contribution in [0, 0.1) is 5.92 Å². The average Bonchev–Trinajstić information content (AvgIpc) is 2.39. The lowest BCUT2D eigenvalue weighted by Crippen LogP contribution is -2.36. The van der Waals surface area contributed by atoms with E-state index in [2.05, 4.69) is 17.9 Å². The topological polar surface area (TPSA) is 29.3 Å². The third-order valence-corrected chi connectivity index (χ3v) is 4.20. The Hall–Kier alpha value is -0.730. The predicted molar refractivity (Wildman–Crippen MR) is 79.4 cm³/mol. The summed E-state index contributed by atoms with van der Waals surface area (Å²) in [4.78, 5) is 2.46. The van der Waals surface area contributed by atoms with E-state index in [1.165, 1.54) is 30.5 Å². The molecule has 3 heteroatoms. The van der Waals surface area contributed by atoms with Gasteiger partial charge < -0.3 is 10.6 Å². The van der Waals surface area contributed by atoms with Crippen LogP contribution in [0.2, 0.25) is 5.02 Å². The van der Waals surface area contributed by atoms with Crippen molar-refractivity contribution in [1.82, 2.24) is 0 Å². The molecule has 1 aromatic carbocycles. The molecule has 1 unspecified atom stereocenters. The molecule has 0 amide bonds. The molecule has 0 saturated carbocycles. The standard InChI is InChI=1S/C15H23ClN2/c1-2-12-5-4-10-18(11-12)15-13(8-9-17)6-3-7-14(15)16/h3,6-7,12H,2,4-5,8-11,17H2,1H3. The Kier molecular flexibility index (Phi) is 4.90. The van der Waals surface area contributed by atoms with Crippen molar-refractivity contribution in [1.29, 1.82) is 0 Å². The molecule has 0 aromatic heterocycles. The van der Waals surface area contributed by atoms with Crippen LogP contribution in [0.4, 0.5) is 5.69 Å². The Labute approximate surface area is 115 Å². The smallest absolute Gasteiger partial charge is 0.0642 e. The number of hydrogen-bond acceptors (Lipinski definition) is 2. The van der Waals surface area contributed by atoms with Crippen LogP contribution in [0.15, 0.2) is 18.2 Å². The second-order valence-corrected chi connectivity index (χ2v) is 5.56. The van der Waals surface area contributed by atoms with Gasteiger partial charge in [0.05, 0.1) is 10.7 Å². The molecule has 1 aliphatic heterocycles. The third kappa shape index (κ3) is 2.99. The van der Waals surface area contributed by atoms with E-state index in [-0.39, 0.29) is 0 Å². The van der Waals surface area contributed by atoms with E-state index in [4.69, 9.17) is 17.3 Å². The fourth-order valence-electron chi connectivity index (χ4n) is 2.87. The summed E-state index contributed by atoms with van der Waals surface area (Å²) < 4.78 is 0. The molecule has 1 saturated heterocycles. The number of halogens is 1. The zero-order chi connectivity index (χ0) is 13.0. The van der Waals surface area contributed by atoms with Gasteiger partial charge in [-0.25, -0.2) is 0 Å². The Morgan fingerprint density at radius 1 is 1.44 bits per heavy atom. The summed E-state index contributed by atoms with van der Waals surface area (Å²) in [6.07, 6.45) is 4.78. The van der Waals surface area contributed by atoms with E-state index >= 15 is 0 Å². The fraction of sp³-hybridized carbons (Fsp3) is 0.600. The summed E-state index contributed by atoms with van der Waals surface area (Å²) in [6.45, 7) is 5.22. The minimum atomic E-state index is 0.679. The third-order valence-electron chi connectivity index (χ3n) is 3.90. The molecular weight excluding hydrogens is 244 g/mol. The number of nitrogens with two attached hydrogens (primary N) is 1. The van der Waals surface area contributed by atoms with Crippen LogP contribution < -0.4 is 10.6 Å². The Morgan fingerprint density at radius 2 is 2.28 bits per heavy atom. The molecule has 0 radical (unpaired) electrons. The summed E-state index contributed by atoms with van der Waals surface area (Å²) in [7, 11) is 0. The van der Waals surface area contributed by atoms with Gasteiger partial charge in [0.15, 0.2) is 0 Å². The molecule has 0 aliphatic carbocycles. The van der Waals surface area contributed by atoms with E-state index in [9.17, 15) is 0 Å². The molecule has 2 N–H and O–H groups in total. The lowest BCUT2D eigenvalue weighted by molar-refractivity contribution is 0.404. The number of rotatable bonds is 4. The van der Waals surface area contributed by atoms with Gasteiger partial charge in [-0.05, 0) is 43.4 Å². The first kappa shape index (κ1) is 13.7. The predicted octanol–water partition coefficient (Wildman–Crippen LogP) is 3.47. The van der Waals surface area contributed by atoms with E-state index < -0.39 is 0 Å². The van der Waals surface area contributed by atoms with Gasteiger partial charge in [-0.3, -0.25) is 0 Å². The molecule has 0 spiro atoms. The van der Waals surface area contributed by atoms with Crippen molar-refractivity contribution >= 4 is 17.3 Å². The maximum absolute atomic E-state index is 6.41. The van der Waals surface area contributed by atoms with Gasteiger partial charge in [-0.15, -0.1) is 0 Å². The monoisotopic (exact) mass is 266 g/mol. The first-order valence-corrected chi connectivity index (χ1v) is 7.36. The lowest BCUT2D eigenvalue weighted by Gasteiger charge is -2.35. The van der Waals surface area contributed by atoms with Gasteiger partial charge in [0.1, 0.15) is 0 Å². The van der Waals surface area contributed by atoms with E-state index in [0.29, 0.717) is 6.54 Å². The Balaban J connectivity index is 2.25. The van der Waals surface area contributed by atoms with E-state index in [1.807, 2.05) is 12.1 Å². The fourth-order valence-corrected chi connectivity index (χ4v) is 3.19. The van der Waals surface area contributed by atoms with E-state index in [1.54, 1.807) is 0 Å². The van der Waals surface area contributed by atoms with E-state index in [0.717, 1.165) is 30.5 Å². The van der Waals surface area contributed by atoms with Gasteiger partial charge in [0, 0.05) is 13.1 Å². The number of piperidine rings is 1. The van der Waals surface area contributed by atoms with Crippen LogP contribution in [-0.2, 0) is 6.42 Å². The van der Waals surface area contributed by atoms with Gasteiger partial charge in [0.25, 0.3) is 0 Å². The minimum Gasteiger partial charge on any atom is -0.370 e. The second kappa shape index (κ2) is 6.44. The number of hydrogen-bond donors (Lipinski definition) is 1. The molecule has 1 aliphatic rings. The molecule has 1 heterocycles. The maximum Gasteiger partial charge on any atom is 0.0642 e. The molecule has 1 fully saturated rings. The second-order valence-electron chi connectivity index (χ2n) is 5.15. The first-order chi connectivity index (χ1) is 8.76. The van der Waals surface area contributed by atoms with Crippen molar-refractivity contribution in [3.63, 3.8) is 0 Å². The summed E-state index contributed by atoms with van der Waals surface area (Å²) in [5.41, 5.74) is 8.22. The van der Waals surface area contributed by atoms with Crippen LogP contribution in [-0.4, -0.2) is 19.6 Å². The summed E-state index contributed by atoms with van der Waals surface area (Å²) in [6, 6.07) is 6.17. The average molecular weight is 267 g/mol. The van der Waals surface area contributed by atoms with Crippen LogP contribution in [0.1, 0.15) is 31.7 Å². The number of anilines is 1. The largest absolute Gasteiger partial charge is 0.370 e. The van der Waals surface area contributed by atoms with Crippen molar-refractivity contribution in [2.45, 2.75) is 32.6 Å². The first-order valence-electron chi connectivity index (χ1n) is 6.98. The molecule has 100 valence electrons. The van der Waals surface area contributed by atoms with Gasteiger partial charge in [-0.2, -0.15) is 0 Å². The van der Waals surface area contributed by atoms with Crippen molar-refractivity contribution in [2.24, 2.45) is 11.7 Å². The molecule has 2 nitrogen and oxygen atoms in total. The number of benzene rings is 1. The van der Waals surface area contributed by atoms with Gasteiger partial charge in [-0.1, -0.05) is 37.1 Å². The van der Waals surface area contributed by atoms with Crippen molar-refractivity contribution in [2.75, 3.05) is 24.5 Å². The van der Waals surface area contributed by atoms with Crippen molar-refractivity contribution in [3.8, 4) is 0 Å². The highest BCUT2D eigenvalue weighted by atomic mass is 35.5. The molecule has 1 atom stereocenters. The highest BCUT2D eigenvalue weighted by Gasteiger charge is 2.22. The number of para-hydroxylation sites is 1. The summed E-state index contributed by atoms with van der Waals surface area (Å²) in [5, 5.41) is 0.873. The van der Waals surface area contributed by atoms with Crippen LogP contribution >= 0.6 is 11.6 Å². The minimum absolute atomic E-state index is 0.679. The Morgan fingerprint density at radius 3 is 3.00 bits per heavy atom. The zero-order valence-corrected chi connectivity index (χ0v) is 11.9. The molecule has 1 aromatic rings. The molecule has 0 bridgehead atoms. The van der Waals surface area contributed by atoms with Gasteiger partial charge >= 0.3 is 0 Å². The highest BCUT2D eigenvalue weighted by Crippen LogP contribution is 2.33. The zero-order valence-electron chi connectivity index (χ0n) is 11.2. The quantitative estimate of drug-likeness (QED) is 0.904. The molecule has 18 heavy (non-hydrogen) atoms. The highest BCUT2D eigenvalue weighted by molar-refractivity contribution is 6.33. The normalized spacial score (nSPS) is 20.2. The molecule has 2 rings (SSSR count). The molecular formula is C15H23ClN2. The van der Waals surface area contributed by atoms with Crippen LogP contribution in [0.3, 0.4) is 0 Å². The summed E-state index contributed by atoms with van der Waals surface area (Å²) >= 11 is 6.41. The summed E-state index contributed by atoms with van der Waals surface area (Å²) in [5.74, 6) is 0.806. The van der Waals surface area contributed by atoms with Crippen molar-refractivity contribution < 1.29 is 0 Å². The lowest BCUT2D eigenvalue weighted by atomic mass is 9.94. The van der Waals surface area contributed by atoms with Crippen LogP contribution in [0.5, 0.6) is 0 Å². The maximum atomic E-state index is 6.41. The van der Waals surface area contributed by atoms with Crippen LogP contribution in [0.25, 0.3) is 0 Å². The Bertz CT molecular complexity index is 392. The SMILES string of the molecule is CCC1CCCN(c2c(Cl)cccc2CCN)C1. The van der Waals surface area contributed by atoms with Crippen molar-refractivity contribution in [3.05, 3.63) is 28.8 Å².